The minimum Gasteiger partial charge on any atom is -0.383 e. The summed E-state index contributed by atoms with van der Waals surface area (Å²) in [5.74, 6) is -1.77. The molecule has 1 aromatic rings. The number of H-pyrrole nitrogens is 1. The van der Waals surface area contributed by atoms with Gasteiger partial charge in [0.1, 0.15) is 0 Å². The molecule has 10 heteroatoms. The molecule has 1 atom stereocenters. The Morgan fingerprint density at radius 1 is 1.56 bits per heavy atom. The molecule has 0 spiro atoms. The maximum Gasteiger partial charge on any atom is 0.414 e. The summed E-state index contributed by atoms with van der Waals surface area (Å²) in [4.78, 5) is 23.8. The van der Waals surface area contributed by atoms with E-state index < -0.39 is 29.7 Å². The van der Waals surface area contributed by atoms with Crippen molar-refractivity contribution in [2.45, 2.75) is 12.3 Å². The van der Waals surface area contributed by atoms with Crippen LogP contribution in [0.5, 0.6) is 0 Å². The topological polar surface area (TPSA) is 86.3 Å². The number of rotatable bonds is 2. The van der Waals surface area contributed by atoms with Gasteiger partial charge in [-0.3, -0.25) is 14.0 Å². The maximum absolute atomic E-state index is 12.2. The first-order valence-electron chi connectivity index (χ1n) is 4.89. The number of hydrogen-bond donors (Lipinski definition) is 2. The Labute approximate surface area is 102 Å². The number of hydrogen-bond acceptors (Lipinski definition) is 5. The summed E-state index contributed by atoms with van der Waals surface area (Å²) in [7, 11) is 0. The first-order valence-corrected chi connectivity index (χ1v) is 5.66. The third-order valence-corrected chi connectivity index (χ3v) is 3.22. The predicted octanol–water partition coefficient (Wildman–Crippen LogP) is -0.173. The van der Waals surface area contributed by atoms with Crippen molar-refractivity contribution in [3.63, 3.8) is 0 Å². The Hall–Kier alpha value is -1.42. The number of amides is 1. The van der Waals surface area contributed by atoms with Crippen molar-refractivity contribution in [1.29, 1.82) is 0 Å². The van der Waals surface area contributed by atoms with E-state index in [9.17, 15) is 22.8 Å². The molecule has 0 radical (unpaired) electrons. The summed E-state index contributed by atoms with van der Waals surface area (Å²) in [5, 5.41) is 8.95. The van der Waals surface area contributed by atoms with Crippen LogP contribution in [0.4, 0.5) is 13.2 Å². The lowest BCUT2D eigenvalue weighted by Gasteiger charge is -2.41. The van der Waals surface area contributed by atoms with Crippen molar-refractivity contribution < 1.29 is 23.1 Å². The van der Waals surface area contributed by atoms with Crippen LogP contribution in [0, 0.1) is 5.92 Å². The van der Waals surface area contributed by atoms with Crippen LogP contribution in [-0.2, 0) is 0 Å². The van der Waals surface area contributed by atoms with E-state index in [0.29, 0.717) is 11.7 Å². The molecule has 1 aromatic heterocycles. The van der Waals surface area contributed by atoms with Gasteiger partial charge in [-0.15, -0.1) is 0 Å². The maximum atomic E-state index is 12.2. The second-order valence-electron chi connectivity index (χ2n) is 3.92. The van der Waals surface area contributed by atoms with Crippen LogP contribution in [0.1, 0.15) is 10.5 Å². The molecule has 0 bridgehead atoms. The van der Waals surface area contributed by atoms with Crippen LogP contribution in [0.2, 0.25) is 0 Å². The van der Waals surface area contributed by atoms with Crippen molar-refractivity contribution in [1.82, 2.24) is 13.6 Å². The van der Waals surface area contributed by atoms with Gasteiger partial charge in [0.15, 0.2) is 6.10 Å². The molecule has 2 heterocycles. The lowest BCUT2D eigenvalue weighted by molar-refractivity contribution is -0.229. The number of carbonyl (C=O) groups is 1. The van der Waals surface area contributed by atoms with E-state index in [4.69, 9.17) is 5.11 Å². The van der Waals surface area contributed by atoms with Gasteiger partial charge >= 0.3 is 6.18 Å². The molecule has 0 saturated carbocycles. The first kappa shape index (κ1) is 13.0. The van der Waals surface area contributed by atoms with Gasteiger partial charge in [-0.25, -0.2) is 0 Å². The highest BCUT2D eigenvalue weighted by atomic mass is 32.1. The summed E-state index contributed by atoms with van der Waals surface area (Å²) >= 11 is 0.694. The van der Waals surface area contributed by atoms with Crippen molar-refractivity contribution in [3.8, 4) is 0 Å². The fraction of sp³-hybridized carbons (Fsp3) is 0.625. The van der Waals surface area contributed by atoms with E-state index in [-0.39, 0.29) is 18.8 Å². The molecular formula is C8H8F3N3O3S. The highest BCUT2D eigenvalue weighted by Gasteiger charge is 2.49. The number of aliphatic hydroxyl groups is 1. The number of nitrogens with zero attached hydrogens (tertiary/aromatic N) is 2. The summed E-state index contributed by atoms with van der Waals surface area (Å²) in [6.07, 6.45) is -7.15. The second kappa shape index (κ2) is 4.35. The van der Waals surface area contributed by atoms with Gasteiger partial charge in [0.05, 0.1) is 0 Å². The largest absolute Gasteiger partial charge is 0.414 e. The molecule has 6 nitrogen and oxygen atoms in total. The Morgan fingerprint density at radius 2 is 2.17 bits per heavy atom. The van der Waals surface area contributed by atoms with Gasteiger partial charge in [0.25, 0.3) is 11.5 Å². The summed E-state index contributed by atoms with van der Waals surface area (Å²) in [6.45, 7) is -0.479. The Morgan fingerprint density at radius 3 is 2.61 bits per heavy atom. The number of aromatic nitrogens is 2. The molecule has 1 saturated heterocycles. The van der Waals surface area contributed by atoms with E-state index in [1.807, 2.05) is 0 Å². The van der Waals surface area contributed by atoms with E-state index in [1.165, 1.54) is 0 Å². The molecule has 1 amide bonds. The third-order valence-electron chi connectivity index (χ3n) is 2.67. The minimum absolute atomic E-state index is 0.240. The Balaban J connectivity index is 1.96. The minimum atomic E-state index is -4.70. The van der Waals surface area contributed by atoms with Gasteiger partial charge < -0.3 is 10.0 Å². The summed E-state index contributed by atoms with van der Waals surface area (Å²) in [6, 6.07) is 0. The molecule has 1 aliphatic heterocycles. The molecule has 2 N–H and O–H groups in total. The SMILES string of the molecule is O=C(c1ns[nH]c1=O)N1CC(C(O)C(F)(F)F)C1. The molecule has 1 unspecified atom stereocenters. The molecular weight excluding hydrogens is 275 g/mol. The van der Waals surface area contributed by atoms with Gasteiger partial charge in [-0.1, -0.05) is 0 Å². The molecule has 1 aliphatic rings. The number of carbonyl (C=O) groups excluding carboxylic acids is 1. The second-order valence-corrected chi connectivity index (χ2v) is 4.49. The Bertz CT molecular complexity index is 505. The number of alkyl halides is 3. The highest BCUT2D eigenvalue weighted by molar-refractivity contribution is 6.99. The zero-order chi connectivity index (χ0) is 13.5. The smallest absolute Gasteiger partial charge is 0.383 e. The van der Waals surface area contributed by atoms with E-state index >= 15 is 0 Å². The van der Waals surface area contributed by atoms with Crippen molar-refractivity contribution in [3.05, 3.63) is 16.0 Å². The standard InChI is InChI=1S/C8H8F3N3O3S/c9-8(10,11)5(15)3-1-14(2-3)7(17)4-6(16)13-18-12-4/h3,5,15H,1-2H2,(H,13,16). The Kier molecular flexibility index (Phi) is 3.15. The number of halogens is 3. The molecule has 100 valence electrons. The summed E-state index contributed by atoms with van der Waals surface area (Å²) in [5.41, 5.74) is -0.996. The summed E-state index contributed by atoms with van der Waals surface area (Å²) < 4.78 is 42.2. The molecule has 0 aliphatic carbocycles. The van der Waals surface area contributed by atoms with Crippen LogP contribution >= 0.6 is 11.7 Å². The van der Waals surface area contributed by atoms with Gasteiger partial charge in [-0.2, -0.15) is 17.5 Å². The quantitative estimate of drug-likeness (QED) is 0.789. The zero-order valence-corrected chi connectivity index (χ0v) is 9.59. The third kappa shape index (κ3) is 2.25. The van der Waals surface area contributed by atoms with E-state index in [2.05, 4.69) is 8.75 Å². The van der Waals surface area contributed by atoms with Gasteiger partial charge in [-0.05, 0) is 0 Å². The van der Waals surface area contributed by atoms with E-state index in [1.54, 1.807) is 0 Å². The molecule has 2 rings (SSSR count). The van der Waals surface area contributed by atoms with E-state index in [0.717, 1.165) is 4.90 Å². The number of aliphatic hydroxyl groups excluding tert-OH is 1. The van der Waals surface area contributed by atoms with Crippen molar-refractivity contribution in [2.24, 2.45) is 5.92 Å². The monoisotopic (exact) mass is 283 g/mol. The van der Waals surface area contributed by atoms with Crippen molar-refractivity contribution >= 4 is 17.6 Å². The van der Waals surface area contributed by atoms with Crippen LogP contribution in [-0.4, -0.2) is 50.0 Å². The lowest BCUT2D eigenvalue weighted by atomic mass is 9.93. The fourth-order valence-electron chi connectivity index (χ4n) is 1.63. The molecule has 0 aromatic carbocycles. The average molecular weight is 283 g/mol. The zero-order valence-electron chi connectivity index (χ0n) is 8.77. The fourth-order valence-corrected chi connectivity index (χ4v) is 2.11. The first-order chi connectivity index (χ1) is 8.30. The lowest BCUT2D eigenvalue weighted by Crippen LogP contribution is -2.58. The van der Waals surface area contributed by atoms with Crippen LogP contribution in [0.3, 0.4) is 0 Å². The highest BCUT2D eigenvalue weighted by Crippen LogP contribution is 2.31. The van der Waals surface area contributed by atoms with Gasteiger partial charge in [0, 0.05) is 30.7 Å². The van der Waals surface area contributed by atoms with Crippen LogP contribution in [0.25, 0.3) is 0 Å². The number of nitrogens with one attached hydrogen (secondary N) is 1. The normalized spacial score (nSPS) is 18.6. The number of aromatic amines is 1. The number of likely N-dealkylation sites (tertiary alicyclic amines) is 1. The predicted molar refractivity (Wildman–Crippen MR) is 54.2 cm³/mol. The molecule has 1 fully saturated rings. The van der Waals surface area contributed by atoms with Crippen molar-refractivity contribution in [2.75, 3.05) is 13.1 Å². The average Bonchev–Trinajstić information content (AvgIpc) is 2.60. The van der Waals surface area contributed by atoms with Crippen LogP contribution in [0.15, 0.2) is 4.79 Å². The van der Waals surface area contributed by atoms with Crippen LogP contribution < -0.4 is 5.56 Å². The van der Waals surface area contributed by atoms with Gasteiger partial charge in [0.2, 0.25) is 5.69 Å². The molecule has 18 heavy (non-hydrogen) atoms.